The van der Waals surface area contributed by atoms with Crippen LogP contribution in [-0.4, -0.2) is 36.0 Å². The number of ketones is 1. The van der Waals surface area contributed by atoms with Gasteiger partial charge in [-0.3, -0.25) is 14.9 Å². The standard InChI is InChI=1S/C21H18N6O2S/c1-13-3-5-15(6-4-13)18-12-22-26-27(18)17-9-7-16(8-10-17)20(29)24-21-23-19(25-30-21)11-14(2)28/h3-10,12H,11H2,1-2H3,(H,23,24,25,29). The van der Waals surface area contributed by atoms with Crippen molar-refractivity contribution in [3.8, 4) is 16.9 Å². The van der Waals surface area contributed by atoms with E-state index in [-0.39, 0.29) is 18.1 Å². The number of Topliss-reactive ketones (excluding diaryl/α,β-unsaturated/α-hetero) is 1. The topological polar surface area (TPSA) is 103 Å². The van der Waals surface area contributed by atoms with Crippen LogP contribution in [0.2, 0.25) is 0 Å². The van der Waals surface area contributed by atoms with Gasteiger partial charge in [-0.25, -0.2) is 9.67 Å². The van der Waals surface area contributed by atoms with Crippen molar-refractivity contribution in [2.75, 3.05) is 5.32 Å². The summed E-state index contributed by atoms with van der Waals surface area (Å²) in [6, 6.07) is 15.2. The fraction of sp³-hybridized carbons (Fsp3) is 0.143. The summed E-state index contributed by atoms with van der Waals surface area (Å²) in [5.74, 6) is 0.0803. The fourth-order valence-electron chi connectivity index (χ4n) is 2.87. The van der Waals surface area contributed by atoms with E-state index in [4.69, 9.17) is 0 Å². The summed E-state index contributed by atoms with van der Waals surface area (Å²) in [6.45, 7) is 3.51. The van der Waals surface area contributed by atoms with Crippen molar-refractivity contribution in [2.45, 2.75) is 20.3 Å². The van der Waals surface area contributed by atoms with Crippen LogP contribution in [0.25, 0.3) is 16.9 Å². The molecule has 0 unspecified atom stereocenters. The number of anilines is 1. The van der Waals surface area contributed by atoms with Crippen molar-refractivity contribution in [2.24, 2.45) is 0 Å². The maximum atomic E-state index is 12.5. The first kappa shape index (κ1) is 19.6. The van der Waals surface area contributed by atoms with Crippen LogP contribution < -0.4 is 5.32 Å². The zero-order chi connectivity index (χ0) is 21.1. The quantitative estimate of drug-likeness (QED) is 0.514. The Labute approximate surface area is 176 Å². The molecule has 2 heterocycles. The number of carbonyl (C=O) groups excluding carboxylic acids is 2. The molecule has 0 spiro atoms. The molecule has 0 saturated heterocycles. The normalized spacial score (nSPS) is 10.7. The SMILES string of the molecule is CC(=O)Cc1nsc(NC(=O)c2ccc(-n3nncc3-c3ccc(C)cc3)cc2)n1. The molecule has 0 aliphatic carbocycles. The highest BCUT2D eigenvalue weighted by atomic mass is 32.1. The Morgan fingerprint density at radius 1 is 1.07 bits per heavy atom. The molecule has 0 fully saturated rings. The minimum Gasteiger partial charge on any atom is -0.300 e. The van der Waals surface area contributed by atoms with E-state index in [2.05, 4.69) is 25.0 Å². The van der Waals surface area contributed by atoms with Crippen molar-refractivity contribution in [1.29, 1.82) is 0 Å². The van der Waals surface area contributed by atoms with Crippen molar-refractivity contribution >= 4 is 28.4 Å². The highest BCUT2D eigenvalue weighted by molar-refractivity contribution is 7.09. The Kier molecular flexibility index (Phi) is 5.44. The number of aryl methyl sites for hydroxylation is 1. The predicted octanol–water partition coefficient (Wildman–Crippen LogP) is 3.48. The van der Waals surface area contributed by atoms with Gasteiger partial charge in [0.2, 0.25) is 5.13 Å². The number of amides is 1. The minimum absolute atomic E-state index is 0.0283. The molecule has 30 heavy (non-hydrogen) atoms. The molecule has 0 saturated carbocycles. The van der Waals surface area contributed by atoms with E-state index in [1.807, 2.05) is 43.3 Å². The number of rotatable bonds is 6. The summed E-state index contributed by atoms with van der Waals surface area (Å²) in [7, 11) is 0. The molecule has 9 heteroatoms. The molecule has 0 aliphatic heterocycles. The number of nitrogens with zero attached hydrogens (tertiary/aromatic N) is 5. The predicted molar refractivity (Wildman–Crippen MR) is 114 cm³/mol. The number of nitrogens with one attached hydrogen (secondary N) is 1. The van der Waals surface area contributed by atoms with Crippen molar-refractivity contribution in [1.82, 2.24) is 24.4 Å². The van der Waals surface area contributed by atoms with E-state index in [1.165, 1.54) is 12.5 Å². The van der Waals surface area contributed by atoms with Gasteiger partial charge in [-0.05, 0) is 38.1 Å². The number of hydrogen-bond donors (Lipinski definition) is 1. The Morgan fingerprint density at radius 2 is 1.80 bits per heavy atom. The van der Waals surface area contributed by atoms with Gasteiger partial charge in [0, 0.05) is 22.7 Å². The maximum absolute atomic E-state index is 12.5. The highest BCUT2D eigenvalue weighted by Gasteiger charge is 2.13. The van der Waals surface area contributed by atoms with Gasteiger partial charge in [0.25, 0.3) is 5.91 Å². The summed E-state index contributed by atoms with van der Waals surface area (Å²) in [6.07, 6.45) is 1.86. The summed E-state index contributed by atoms with van der Waals surface area (Å²) in [5.41, 5.74) is 4.31. The molecule has 1 N–H and O–H groups in total. The third-order valence-electron chi connectivity index (χ3n) is 4.37. The van der Waals surface area contributed by atoms with Gasteiger partial charge in [-0.15, -0.1) is 5.10 Å². The second-order valence-corrected chi connectivity index (χ2v) is 7.54. The van der Waals surface area contributed by atoms with Gasteiger partial charge in [0.05, 0.1) is 24.0 Å². The molecular formula is C21H18N6O2S. The smallest absolute Gasteiger partial charge is 0.257 e. The third kappa shape index (κ3) is 4.31. The molecule has 2 aromatic heterocycles. The molecule has 0 radical (unpaired) electrons. The summed E-state index contributed by atoms with van der Waals surface area (Å²) < 4.78 is 5.80. The number of carbonyl (C=O) groups is 2. The minimum atomic E-state index is -0.301. The number of hydrogen-bond acceptors (Lipinski definition) is 7. The first-order valence-corrected chi connectivity index (χ1v) is 9.98. The van der Waals surface area contributed by atoms with E-state index < -0.39 is 0 Å². The lowest BCUT2D eigenvalue weighted by atomic mass is 10.1. The van der Waals surface area contributed by atoms with Gasteiger partial charge >= 0.3 is 0 Å². The molecule has 4 aromatic rings. The Bertz CT molecular complexity index is 1190. The lowest BCUT2D eigenvalue weighted by Crippen LogP contribution is -2.12. The zero-order valence-electron chi connectivity index (χ0n) is 16.4. The van der Waals surface area contributed by atoms with E-state index in [0.717, 1.165) is 28.5 Å². The molecular weight excluding hydrogens is 400 g/mol. The summed E-state index contributed by atoms with van der Waals surface area (Å²) >= 11 is 1.05. The Balaban J connectivity index is 1.50. The van der Waals surface area contributed by atoms with Gasteiger partial charge in [-0.2, -0.15) is 4.37 Å². The molecule has 0 bridgehead atoms. The monoisotopic (exact) mass is 418 g/mol. The lowest BCUT2D eigenvalue weighted by Gasteiger charge is -2.08. The number of benzene rings is 2. The average molecular weight is 418 g/mol. The third-order valence-corrected chi connectivity index (χ3v) is 5.03. The van der Waals surface area contributed by atoms with Crippen LogP contribution in [0.3, 0.4) is 0 Å². The molecule has 8 nitrogen and oxygen atoms in total. The first-order valence-electron chi connectivity index (χ1n) is 9.21. The van der Waals surface area contributed by atoms with Gasteiger partial charge in [-0.1, -0.05) is 35.0 Å². The highest BCUT2D eigenvalue weighted by Crippen LogP contribution is 2.22. The molecule has 150 valence electrons. The summed E-state index contributed by atoms with van der Waals surface area (Å²) in [4.78, 5) is 27.8. The fourth-order valence-corrected chi connectivity index (χ4v) is 3.45. The molecule has 4 rings (SSSR count). The van der Waals surface area contributed by atoms with Crippen molar-refractivity contribution in [3.05, 3.63) is 71.7 Å². The molecule has 2 aromatic carbocycles. The maximum Gasteiger partial charge on any atom is 0.257 e. The van der Waals surface area contributed by atoms with Crippen LogP contribution in [0.15, 0.2) is 54.7 Å². The van der Waals surface area contributed by atoms with Gasteiger partial charge in [0.1, 0.15) is 5.78 Å². The Morgan fingerprint density at radius 3 is 2.50 bits per heavy atom. The van der Waals surface area contributed by atoms with Crippen LogP contribution in [-0.2, 0) is 11.2 Å². The van der Waals surface area contributed by atoms with E-state index in [1.54, 1.807) is 23.0 Å². The largest absolute Gasteiger partial charge is 0.300 e. The number of aromatic nitrogens is 5. The zero-order valence-corrected chi connectivity index (χ0v) is 17.2. The average Bonchev–Trinajstić information content (AvgIpc) is 3.38. The van der Waals surface area contributed by atoms with Gasteiger partial charge in [0.15, 0.2) is 5.82 Å². The van der Waals surface area contributed by atoms with E-state index in [9.17, 15) is 9.59 Å². The second-order valence-electron chi connectivity index (χ2n) is 6.79. The van der Waals surface area contributed by atoms with Crippen LogP contribution in [0.5, 0.6) is 0 Å². The Hall–Kier alpha value is -3.72. The molecule has 1 amide bonds. The van der Waals surface area contributed by atoms with Crippen LogP contribution in [0.1, 0.15) is 28.7 Å². The lowest BCUT2D eigenvalue weighted by molar-refractivity contribution is -0.116. The van der Waals surface area contributed by atoms with E-state index in [0.29, 0.717) is 16.5 Å². The molecule has 0 atom stereocenters. The molecule has 0 aliphatic rings. The van der Waals surface area contributed by atoms with Gasteiger partial charge < -0.3 is 0 Å². The van der Waals surface area contributed by atoms with Crippen molar-refractivity contribution < 1.29 is 9.59 Å². The van der Waals surface area contributed by atoms with Crippen LogP contribution in [0.4, 0.5) is 5.13 Å². The van der Waals surface area contributed by atoms with Crippen molar-refractivity contribution in [3.63, 3.8) is 0 Å². The van der Waals surface area contributed by atoms with Crippen LogP contribution in [0, 0.1) is 6.92 Å². The van der Waals surface area contributed by atoms with Crippen LogP contribution >= 0.6 is 11.5 Å². The first-order chi connectivity index (χ1) is 14.5. The second kappa shape index (κ2) is 8.34. The summed E-state index contributed by atoms with van der Waals surface area (Å²) in [5, 5.41) is 11.3. The van der Waals surface area contributed by atoms with E-state index >= 15 is 0 Å².